The van der Waals surface area contributed by atoms with Gasteiger partial charge in [0.2, 0.25) is 0 Å². The predicted molar refractivity (Wildman–Crippen MR) is 105 cm³/mol. The number of nitrogens with one attached hydrogen (secondary N) is 1. The van der Waals surface area contributed by atoms with Crippen LogP contribution in [0.3, 0.4) is 0 Å². The van der Waals surface area contributed by atoms with Crippen molar-refractivity contribution in [3.8, 4) is 0 Å². The number of aromatic nitrogens is 1. The Morgan fingerprint density at radius 1 is 1.07 bits per heavy atom. The van der Waals surface area contributed by atoms with E-state index in [1.54, 1.807) is 4.90 Å². The molecule has 1 N–H and O–H groups in total. The van der Waals surface area contributed by atoms with Gasteiger partial charge in [0.05, 0.1) is 0 Å². The number of piperazine rings is 1. The van der Waals surface area contributed by atoms with E-state index in [-0.39, 0.29) is 5.91 Å². The Morgan fingerprint density at radius 3 is 2.48 bits per heavy atom. The summed E-state index contributed by atoms with van der Waals surface area (Å²) < 4.78 is 27.1. The van der Waals surface area contributed by atoms with Crippen LogP contribution in [0.1, 0.15) is 34.5 Å². The van der Waals surface area contributed by atoms with Crippen molar-refractivity contribution in [1.82, 2.24) is 18.5 Å². The van der Waals surface area contributed by atoms with Crippen molar-refractivity contribution in [3.05, 3.63) is 35.0 Å². The van der Waals surface area contributed by atoms with E-state index in [1.807, 2.05) is 18.2 Å². The Balaban J connectivity index is 1.52. The highest BCUT2D eigenvalue weighted by molar-refractivity contribution is 7.86. The first kappa shape index (κ1) is 18.5. The second-order valence-corrected chi connectivity index (χ2v) is 9.67. The molecule has 0 spiro atoms. The molecule has 0 bridgehead atoms. The number of aryl methyl sites for hydroxylation is 2. The molecule has 146 valence electrons. The summed E-state index contributed by atoms with van der Waals surface area (Å²) in [5.74, 6) is -0.0236. The topological polar surface area (TPSA) is 76.7 Å². The average Bonchev–Trinajstić information content (AvgIpc) is 3.05. The number of hydrogen-bond acceptors (Lipinski definition) is 3. The molecule has 0 atom stereocenters. The summed E-state index contributed by atoms with van der Waals surface area (Å²) in [4.78, 5) is 18.2. The Labute approximate surface area is 160 Å². The summed E-state index contributed by atoms with van der Waals surface area (Å²) in [5, 5.41) is 1.16. The van der Waals surface area contributed by atoms with Crippen molar-refractivity contribution in [1.29, 1.82) is 0 Å². The fourth-order valence-electron chi connectivity index (χ4n) is 4.07. The second kappa shape index (κ2) is 6.92. The van der Waals surface area contributed by atoms with E-state index in [1.165, 1.54) is 46.8 Å². The van der Waals surface area contributed by atoms with Crippen LogP contribution in [0, 0.1) is 0 Å². The van der Waals surface area contributed by atoms with E-state index in [0.717, 1.165) is 23.7 Å². The number of fused-ring (bicyclic) bond motifs is 3. The van der Waals surface area contributed by atoms with Crippen LogP contribution in [0.25, 0.3) is 10.9 Å². The molecule has 2 heterocycles. The summed E-state index contributed by atoms with van der Waals surface area (Å²) in [7, 11) is -0.366. The van der Waals surface area contributed by atoms with Crippen molar-refractivity contribution < 1.29 is 13.2 Å². The van der Waals surface area contributed by atoms with E-state index in [4.69, 9.17) is 0 Å². The van der Waals surface area contributed by atoms with Gasteiger partial charge in [-0.3, -0.25) is 4.79 Å². The molecule has 1 fully saturated rings. The molecule has 0 unspecified atom stereocenters. The first-order chi connectivity index (χ1) is 12.9. The van der Waals surface area contributed by atoms with E-state index >= 15 is 0 Å². The van der Waals surface area contributed by atoms with E-state index in [9.17, 15) is 13.2 Å². The van der Waals surface area contributed by atoms with Crippen LogP contribution in [0.15, 0.2) is 18.2 Å². The SMILES string of the molecule is CN(C)S(=O)(=O)N1CCN(C(=O)c2ccc3[nH]c4c(c3c2)CCCC4)CC1. The number of aromatic amines is 1. The van der Waals surface area contributed by atoms with Gasteiger partial charge in [0, 0.05) is 62.4 Å². The van der Waals surface area contributed by atoms with Gasteiger partial charge in [0.25, 0.3) is 16.1 Å². The molecular weight excluding hydrogens is 364 g/mol. The number of rotatable bonds is 3. The van der Waals surface area contributed by atoms with Crippen LogP contribution in [0.2, 0.25) is 0 Å². The standard InChI is InChI=1S/C19H26N4O3S/c1-21(2)27(25,26)23-11-9-22(10-12-23)19(24)14-7-8-18-16(13-14)15-5-3-4-6-17(15)20-18/h7-8,13,20H,3-6,9-12H2,1-2H3. The van der Waals surface area contributed by atoms with Crippen LogP contribution >= 0.6 is 0 Å². The lowest BCUT2D eigenvalue weighted by atomic mass is 9.95. The van der Waals surface area contributed by atoms with Gasteiger partial charge in [-0.15, -0.1) is 0 Å². The van der Waals surface area contributed by atoms with Gasteiger partial charge in [-0.2, -0.15) is 17.0 Å². The molecule has 2 aliphatic rings. The van der Waals surface area contributed by atoms with Gasteiger partial charge >= 0.3 is 0 Å². The smallest absolute Gasteiger partial charge is 0.281 e. The summed E-state index contributed by atoms with van der Waals surface area (Å²) in [5.41, 5.74) is 4.44. The third kappa shape index (κ3) is 3.26. The van der Waals surface area contributed by atoms with Crippen molar-refractivity contribution in [2.75, 3.05) is 40.3 Å². The van der Waals surface area contributed by atoms with Gasteiger partial charge < -0.3 is 9.88 Å². The van der Waals surface area contributed by atoms with E-state index in [2.05, 4.69) is 4.98 Å². The van der Waals surface area contributed by atoms with E-state index < -0.39 is 10.2 Å². The number of hydrogen-bond donors (Lipinski definition) is 1. The lowest BCUT2D eigenvalue weighted by Crippen LogP contribution is -2.53. The first-order valence-electron chi connectivity index (χ1n) is 9.48. The molecule has 1 aliphatic carbocycles. The Hall–Kier alpha value is -1.90. The van der Waals surface area contributed by atoms with Crippen LogP contribution in [-0.2, 0) is 23.1 Å². The lowest BCUT2D eigenvalue weighted by molar-refractivity contribution is 0.0695. The summed E-state index contributed by atoms with van der Waals surface area (Å²) in [6.07, 6.45) is 4.55. The van der Waals surface area contributed by atoms with Crippen molar-refractivity contribution in [2.24, 2.45) is 0 Å². The van der Waals surface area contributed by atoms with Gasteiger partial charge in [-0.1, -0.05) is 0 Å². The summed E-state index contributed by atoms with van der Waals surface area (Å²) in [6.45, 7) is 1.48. The van der Waals surface area contributed by atoms with Gasteiger partial charge in [-0.25, -0.2) is 0 Å². The molecule has 1 aromatic heterocycles. The third-order valence-electron chi connectivity index (χ3n) is 5.66. The number of carbonyl (C=O) groups is 1. The molecule has 1 saturated heterocycles. The molecule has 0 radical (unpaired) electrons. The zero-order valence-corrected chi connectivity index (χ0v) is 16.7. The van der Waals surface area contributed by atoms with Gasteiger partial charge in [0.1, 0.15) is 0 Å². The highest BCUT2D eigenvalue weighted by Gasteiger charge is 2.30. The van der Waals surface area contributed by atoms with Crippen LogP contribution < -0.4 is 0 Å². The lowest BCUT2D eigenvalue weighted by Gasteiger charge is -2.35. The van der Waals surface area contributed by atoms with Gasteiger partial charge in [0.15, 0.2) is 0 Å². The maximum Gasteiger partial charge on any atom is 0.281 e. The maximum atomic E-state index is 13.0. The molecule has 4 rings (SSSR count). The molecule has 1 aliphatic heterocycles. The largest absolute Gasteiger partial charge is 0.358 e. The first-order valence-corrected chi connectivity index (χ1v) is 10.9. The number of benzene rings is 1. The van der Waals surface area contributed by atoms with E-state index in [0.29, 0.717) is 31.7 Å². The monoisotopic (exact) mass is 390 g/mol. The quantitative estimate of drug-likeness (QED) is 0.865. The zero-order valence-electron chi connectivity index (χ0n) is 15.9. The van der Waals surface area contributed by atoms with Gasteiger partial charge in [-0.05, 0) is 49.4 Å². The fraction of sp³-hybridized carbons (Fsp3) is 0.526. The van der Waals surface area contributed by atoms with Crippen LogP contribution in [0.5, 0.6) is 0 Å². The van der Waals surface area contributed by atoms with Crippen molar-refractivity contribution in [3.63, 3.8) is 0 Å². The molecular formula is C19H26N4O3S. The van der Waals surface area contributed by atoms with Crippen LogP contribution in [-0.4, -0.2) is 73.1 Å². The number of amides is 1. The number of nitrogens with zero attached hydrogens (tertiary/aromatic N) is 3. The zero-order chi connectivity index (χ0) is 19.2. The number of H-pyrrole nitrogens is 1. The molecule has 1 amide bonds. The molecule has 8 heteroatoms. The average molecular weight is 391 g/mol. The highest BCUT2D eigenvalue weighted by Crippen LogP contribution is 2.30. The Kier molecular flexibility index (Phi) is 4.73. The minimum Gasteiger partial charge on any atom is -0.358 e. The molecule has 2 aromatic rings. The normalized spacial score (nSPS) is 18.9. The molecule has 7 nitrogen and oxygen atoms in total. The van der Waals surface area contributed by atoms with Crippen molar-refractivity contribution >= 4 is 27.0 Å². The Bertz CT molecular complexity index is 972. The predicted octanol–water partition coefficient (Wildman–Crippen LogP) is 1.61. The highest BCUT2D eigenvalue weighted by atomic mass is 32.2. The Morgan fingerprint density at radius 2 is 1.78 bits per heavy atom. The summed E-state index contributed by atoms with van der Waals surface area (Å²) >= 11 is 0. The van der Waals surface area contributed by atoms with Crippen LogP contribution in [0.4, 0.5) is 0 Å². The minimum atomic E-state index is -3.42. The third-order valence-corrected chi connectivity index (χ3v) is 7.60. The maximum absolute atomic E-state index is 13.0. The molecule has 1 aromatic carbocycles. The second-order valence-electron chi connectivity index (χ2n) is 7.53. The summed E-state index contributed by atoms with van der Waals surface area (Å²) in [6, 6.07) is 5.87. The number of carbonyl (C=O) groups excluding carboxylic acids is 1. The van der Waals surface area contributed by atoms with Crippen molar-refractivity contribution in [2.45, 2.75) is 25.7 Å². The fourth-order valence-corrected chi connectivity index (χ4v) is 5.16. The molecule has 27 heavy (non-hydrogen) atoms. The minimum absolute atomic E-state index is 0.0236. The molecule has 0 saturated carbocycles.